The Balaban J connectivity index is 0.000000534. The zero-order chi connectivity index (χ0) is 23.7. The molecule has 1 atom stereocenters. The molecule has 2 fully saturated rings. The maximum atomic E-state index is 12.5. The Hall–Kier alpha value is -3.65. The number of rotatable bonds is 6. The van der Waals surface area contributed by atoms with E-state index in [1.54, 1.807) is 14.7 Å². The SMILES string of the molecule is Cc1ccc(N2CCN(CCNCC(=O)N3CCC[C@@H]3C#N)C2=O)cc1.O=C(O)C(=O)O. The third-order valence-corrected chi connectivity index (χ3v) is 5.18. The van der Waals surface area contributed by atoms with Crippen LogP contribution in [0.3, 0.4) is 0 Å². The van der Waals surface area contributed by atoms with Gasteiger partial charge >= 0.3 is 18.0 Å². The first-order chi connectivity index (χ1) is 15.2. The number of carboxylic acids is 2. The summed E-state index contributed by atoms with van der Waals surface area (Å²) in [6.07, 6.45) is 1.65. The number of carboxylic acid groups (broad SMARTS) is 2. The molecule has 2 aliphatic heterocycles. The number of benzene rings is 1. The lowest BCUT2D eigenvalue weighted by Crippen LogP contribution is -2.43. The van der Waals surface area contributed by atoms with E-state index in [2.05, 4.69) is 11.4 Å². The van der Waals surface area contributed by atoms with Crippen LogP contribution >= 0.6 is 0 Å². The highest BCUT2D eigenvalue weighted by Gasteiger charge is 2.30. The van der Waals surface area contributed by atoms with Crippen molar-refractivity contribution in [3.8, 4) is 6.07 Å². The molecule has 32 heavy (non-hydrogen) atoms. The van der Waals surface area contributed by atoms with Crippen LogP contribution in [0.5, 0.6) is 0 Å². The molecule has 0 aromatic heterocycles. The number of hydrogen-bond donors (Lipinski definition) is 3. The maximum Gasteiger partial charge on any atom is 0.414 e. The molecule has 2 saturated heterocycles. The quantitative estimate of drug-likeness (QED) is 0.422. The molecule has 172 valence electrons. The molecule has 3 N–H and O–H groups in total. The molecule has 0 unspecified atom stereocenters. The number of aliphatic carboxylic acids is 2. The molecule has 0 spiro atoms. The first-order valence-electron chi connectivity index (χ1n) is 10.2. The van der Waals surface area contributed by atoms with E-state index in [0.29, 0.717) is 32.7 Å². The van der Waals surface area contributed by atoms with Crippen LogP contribution in [0.4, 0.5) is 10.5 Å². The fourth-order valence-electron chi connectivity index (χ4n) is 3.46. The minimum Gasteiger partial charge on any atom is -0.473 e. The molecular formula is C21H27N5O6. The van der Waals surface area contributed by atoms with E-state index in [-0.39, 0.29) is 24.5 Å². The molecule has 1 aromatic rings. The van der Waals surface area contributed by atoms with Gasteiger partial charge in [0.15, 0.2) is 0 Å². The van der Waals surface area contributed by atoms with Gasteiger partial charge in [-0.15, -0.1) is 0 Å². The molecule has 11 nitrogen and oxygen atoms in total. The highest BCUT2D eigenvalue weighted by atomic mass is 16.4. The molecule has 11 heteroatoms. The summed E-state index contributed by atoms with van der Waals surface area (Å²) < 4.78 is 0. The molecule has 0 saturated carbocycles. The average Bonchev–Trinajstić information content (AvgIpc) is 3.39. The summed E-state index contributed by atoms with van der Waals surface area (Å²) >= 11 is 0. The zero-order valence-corrected chi connectivity index (χ0v) is 17.9. The molecule has 0 bridgehead atoms. The monoisotopic (exact) mass is 445 g/mol. The Morgan fingerprint density at radius 2 is 1.78 bits per heavy atom. The van der Waals surface area contributed by atoms with Gasteiger partial charge in [-0.2, -0.15) is 5.26 Å². The molecule has 2 heterocycles. The first kappa shape index (κ1) is 24.6. The summed E-state index contributed by atoms with van der Waals surface area (Å²) in [5.74, 6) is -3.69. The smallest absolute Gasteiger partial charge is 0.414 e. The molecule has 1 aromatic carbocycles. The lowest BCUT2D eigenvalue weighted by molar-refractivity contribution is -0.159. The van der Waals surface area contributed by atoms with Crippen LogP contribution in [0.25, 0.3) is 0 Å². The van der Waals surface area contributed by atoms with Gasteiger partial charge in [0.1, 0.15) is 6.04 Å². The Morgan fingerprint density at radius 1 is 1.12 bits per heavy atom. The standard InChI is InChI=1S/C19H25N5O2.C2H2O4/c1-15-4-6-16(7-5-15)24-12-11-22(19(24)26)10-8-21-14-18(25)23-9-2-3-17(23)13-20;3-1(4)2(5)6/h4-7,17,21H,2-3,8-12,14H2,1H3;(H,3,4)(H,5,6)/t17-;/m1./s1. The van der Waals surface area contributed by atoms with Crippen molar-refractivity contribution in [3.05, 3.63) is 29.8 Å². The van der Waals surface area contributed by atoms with Gasteiger partial charge in [0.25, 0.3) is 0 Å². The van der Waals surface area contributed by atoms with Crippen molar-refractivity contribution >= 4 is 29.6 Å². The summed E-state index contributed by atoms with van der Waals surface area (Å²) in [6.45, 7) is 5.39. The first-order valence-corrected chi connectivity index (χ1v) is 10.2. The summed E-state index contributed by atoms with van der Waals surface area (Å²) in [6, 6.07) is 9.85. The number of carbonyl (C=O) groups is 4. The number of urea groups is 1. The third kappa shape index (κ3) is 6.68. The van der Waals surface area contributed by atoms with Crippen LogP contribution in [0.1, 0.15) is 18.4 Å². The molecule has 0 aliphatic carbocycles. The van der Waals surface area contributed by atoms with E-state index in [4.69, 9.17) is 25.1 Å². The van der Waals surface area contributed by atoms with E-state index in [1.807, 2.05) is 31.2 Å². The van der Waals surface area contributed by atoms with Crippen LogP contribution in [-0.4, -0.2) is 89.2 Å². The number of anilines is 1. The van der Waals surface area contributed by atoms with Gasteiger partial charge in [-0.25, -0.2) is 14.4 Å². The van der Waals surface area contributed by atoms with Gasteiger partial charge in [-0.1, -0.05) is 17.7 Å². The topological polar surface area (TPSA) is 154 Å². The van der Waals surface area contributed by atoms with Gasteiger partial charge in [-0.3, -0.25) is 9.69 Å². The van der Waals surface area contributed by atoms with Crippen LogP contribution in [0.15, 0.2) is 24.3 Å². The van der Waals surface area contributed by atoms with Crippen LogP contribution in [0.2, 0.25) is 0 Å². The number of carbonyl (C=O) groups excluding carboxylic acids is 2. The summed E-state index contributed by atoms with van der Waals surface area (Å²) in [5, 5.41) is 26.9. The minimum atomic E-state index is -1.82. The summed E-state index contributed by atoms with van der Waals surface area (Å²) in [7, 11) is 0. The molecule has 2 aliphatic rings. The van der Waals surface area contributed by atoms with Crippen LogP contribution < -0.4 is 10.2 Å². The van der Waals surface area contributed by atoms with Crippen molar-refractivity contribution in [3.63, 3.8) is 0 Å². The second kappa shape index (κ2) is 11.7. The van der Waals surface area contributed by atoms with E-state index >= 15 is 0 Å². The van der Waals surface area contributed by atoms with Crippen LogP contribution in [-0.2, 0) is 14.4 Å². The third-order valence-electron chi connectivity index (χ3n) is 5.18. The lowest BCUT2D eigenvalue weighted by Gasteiger charge is -2.21. The Labute approximate surface area is 185 Å². The van der Waals surface area contributed by atoms with Crippen LogP contribution in [0, 0.1) is 18.3 Å². The number of aryl methyl sites for hydroxylation is 1. The Bertz CT molecular complexity index is 870. The number of nitrogens with zero attached hydrogens (tertiary/aromatic N) is 4. The number of nitriles is 1. The van der Waals surface area contributed by atoms with Gasteiger partial charge in [-0.05, 0) is 31.9 Å². The molecule has 0 radical (unpaired) electrons. The average molecular weight is 445 g/mol. The van der Waals surface area contributed by atoms with E-state index in [9.17, 15) is 9.59 Å². The second-order valence-corrected chi connectivity index (χ2v) is 7.42. The lowest BCUT2D eigenvalue weighted by atomic mass is 10.2. The minimum absolute atomic E-state index is 0.00562. The van der Waals surface area contributed by atoms with Crippen molar-refractivity contribution in [1.82, 2.24) is 15.1 Å². The molecule has 3 rings (SSSR count). The number of hydrogen-bond acceptors (Lipinski definition) is 6. The van der Waals surface area contributed by atoms with E-state index < -0.39 is 11.9 Å². The Morgan fingerprint density at radius 3 is 2.38 bits per heavy atom. The van der Waals surface area contributed by atoms with Crippen molar-refractivity contribution in [2.75, 3.05) is 44.2 Å². The fourth-order valence-corrected chi connectivity index (χ4v) is 3.46. The van der Waals surface area contributed by atoms with E-state index in [1.165, 1.54) is 5.56 Å². The van der Waals surface area contributed by atoms with Crippen molar-refractivity contribution in [2.24, 2.45) is 0 Å². The van der Waals surface area contributed by atoms with Crippen molar-refractivity contribution in [1.29, 1.82) is 5.26 Å². The van der Waals surface area contributed by atoms with Gasteiger partial charge in [0.2, 0.25) is 5.91 Å². The predicted octanol–water partition coefficient (Wildman–Crippen LogP) is 0.497. The van der Waals surface area contributed by atoms with E-state index in [0.717, 1.165) is 18.5 Å². The highest BCUT2D eigenvalue weighted by molar-refractivity contribution is 6.27. The fraction of sp³-hybridized carbons (Fsp3) is 0.476. The van der Waals surface area contributed by atoms with Gasteiger partial charge in [0, 0.05) is 38.4 Å². The highest BCUT2D eigenvalue weighted by Crippen LogP contribution is 2.20. The van der Waals surface area contributed by atoms with Crippen molar-refractivity contribution in [2.45, 2.75) is 25.8 Å². The normalized spacial score (nSPS) is 17.6. The maximum absolute atomic E-state index is 12.5. The van der Waals surface area contributed by atoms with Gasteiger partial charge < -0.3 is 25.3 Å². The summed E-state index contributed by atoms with van der Waals surface area (Å²) in [4.78, 5) is 48.1. The predicted molar refractivity (Wildman–Crippen MR) is 114 cm³/mol. The zero-order valence-electron chi connectivity index (χ0n) is 17.9. The molecular weight excluding hydrogens is 418 g/mol. The Kier molecular flexibility index (Phi) is 8.97. The van der Waals surface area contributed by atoms with Gasteiger partial charge in [0.05, 0.1) is 12.6 Å². The number of likely N-dealkylation sites (tertiary alicyclic amines) is 1. The largest absolute Gasteiger partial charge is 0.473 e. The molecule has 3 amide bonds. The second-order valence-electron chi connectivity index (χ2n) is 7.42. The number of amides is 3. The summed E-state index contributed by atoms with van der Waals surface area (Å²) in [5.41, 5.74) is 2.09. The number of nitrogens with one attached hydrogen (secondary N) is 1. The van der Waals surface area contributed by atoms with Crippen molar-refractivity contribution < 1.29 is 29.4 Å².